The number of fused-ring (bicyclic) bond motifs is 1. The third-order valence-corrected chi connectivity index (χ3v) is 4.87. The SMILES string of the molecule is CC[C@@]12CCCC(=O)N1[C@@H](CO)[C@H](c1ccc([N+](=O)[O-])cc1)O2. The van der Waals surface area contributed by atoms with Gasteiger partial charge in [-0.1, -0.05) is 6.92 Å². The van der Waals surface area contributed by atoms with Gasteiger partial charge in [0.15, 0.2) is 0 Å². The second kappa shape index (κ2) is 5.90. The second-order valence-corrected chi connectivity index (χ2v) is 6.05. The molecule has 0 unspecified atom stereocenters. The average molecular weight is 320 g/mol. The van der Waals surface area contributed by atoms with Crippen molar-refractivity contribution in [3.63, 3.8) is 0 Å². The molecule has 3 atom stereocenters. The van der Waals surface area contributed by atoms with Gasteiger partial charge >= 0.3 is 0 Å². The topological polar surface area (TPSA) is 92.9 Å². The molecule has 7 heteroatoms. The van der Waals surface area contributed by atoms with Crippen LogP contribution in [0.15, 0.2) is 24.3 Å². The number of hydrogen-bond acceptors (Lipinski definition) is 5. The largest absolute Gasteiger partial charge is 0.394 e. The Morgan fingerprint density at radius 1 is 1.43 bits per heavy atom. The Morgan fingerprint density at radius 2 is 2.13 bits per heavy atom. The van der Waals surface area contributed by atoms with Crippen LogP contribution in [-0.4, -0.2) is 39.2 Å². The number of carbonyl (C=O) groups excluding carboxylic acids is 1. The molecule has 0 aliphatic carbocycles. The van der Waals surface area contributed by atoms with Crippen molar-refractivity contribution in [2.45, 2.75) is 50.5 Å². The lowest BCUT2D eigenvalue weighted by molar-refractivity contribution is -0.384. The van der Waals surface area contributed by atoms with Gasteiger partial charge in [-0.05, 0) is 37.0 Å². The van der Waals surface area contributed by atoms with Crippen LogP contribution >= 0.6 is 0 Å². The van der Waals surface area contributed by atoms with Crippen LogP contribution in [0.4, 0.5) is 5.69 Å². The standard InChI is InChI=1S/C16H20N2O5/c1-2-16-9-3-4-14(20)17(16)13(10-19)15(23-16)11-5-7-12(8-6-11)18(21)22/h5-8,13,15,19H,2-4,9-10H2,1H3/t13-,15-,16+/m0/s1. The highest BCUT2D eigenvalue weighted by Gasteiger charge is 2.55. The monoisotopic (exact) mass is 320 g/mol. The highest BCUT2D eigenvalue weighted by atomic mass is 16.6. The highest BCUT2D eigenvalue weighted by Crippen LogP contribution is 2.47. The van der Waals surface area contributed by atoms with E-state index < -0.39 is 22.8 Å². The lowest BCUT2D eigenvalue weighted by Crippen LogP contribution is -2.54. The van der Waals surface area contributed by atoms with Crippen molar-refractivity contribution in [2.75, 3.05) is 6.61 Å². The Morgan fingerprint density at radius 3 is 2.70 bits per heavy atom. The third-order valence-electron chi connectivity index (χ3n) is 4.87. The normalized spacial score (nSPS) is 30.3. The van der Waals surface area contributed by atoms with E-state index in [-0.39, 0.29) is 18.2 Å². The van der Waals surface area contributed by atoms with Crippen molar-refractivity contribution >= 4 is 11.6 Å². The molecule has 1 amide bonds. The van der Waals surface area contributed by atoms with Gasteiger partial charge in [0.1, 0.15) is 11.8 Å². The molecule has 0 spiro atoms. The number of hydrogen-bond donors (Lipinski definition) is 1. The zero-order valence-corrected chi connectivity index (χ0v) is 13.0. The molecular weight excluding hydrogens is 300 g/mol. The van der Waals surface area contributed by atoms with Crippen LogP contribution in [0.2, 0.25) is 0 Å². The van der Waals surface area contributed by atoms with Crippen LogP contribution in [0, 0.1) is 10.1 Å². The summed E-state index contributed by atoms with van der Waals surface area (Å²) in [6, 6.07) is 5.66. The highest BCUT2D eigenvalue weighted by molar-refractivity contribution is 5.78. The lowest BCUT2D eigenvalue weighted by atomic mass is 9.94. The van der Waals surface area contributed by atoms with E-state index in [4.69, 9.17) is 4.74 Å². The number of aliphatic hydroxyl groups is 1. The molecule has 0 saturated carbocycles. The summed E-state index contributed by atoms with van der Waals surface area (Å²) in [6.45, 7) is 1.77. The van der Waals surface area contributed by atoms with E-state index in [0.717, 1.165) is 18.4 Å². The van der Waals surface area contributed by atoms with Gasteiger partial charge in [0, 0.05) is 18.6 Å². The molecule has 124 valence electrons. The molecular formula is C16H20N2O5. The number of rotatable bonds is 4. The van der Waals surface area contributed by atoms with Gasteiger partial charge in [-0.15, -0.1) is 0 Å². The summed E-state index contributed by atoms with van der Waals surface area (Å²) in [5, 5.41) is 20.6. The number of amides is 1. The molecule has 2 heterocycles. The van der Waals surface area contributed by atoms with Crippen LogP contribution in [0.25, 0.3) is 0 Å². The van der Waals surface area contributed by atoms with E-state index >= 15 is 0 Å². The first kappa shape index (κ1) is 15.9. The fraction of sp³-hybridized carbons (Fsp3) is 0.562. The first-order chi connectivity index (χ1) is 11.0. The fourth-order valence-electron chi connectivity index (χ4n) is 3.72. The number of ether oxygens (including phenoxy) is 1. The molecule has 1 aromatic carbocycles. The van der Waals surface area contributed by atoms with Gasteiger partial charge in [0.2, 0.25) is 5.91 Å². The number of nitro groups is 1. The maximum Gasteiger partial charge on any atom is 0.269 e. The minimum atomic E-state index is -0.671. The molecule has 1 aromatic rings. The van der Waals surface area contributed by atoms with E-state index in [1.165, 1.54) is 12.1 Å². The number of aliphatic hydroxyl groups excluding tert-OH is 1. The molecule has 23 heavy (non-hydrogen) atoms. The molecule has 0 bridgehead atoms. The summed E-state index contributed by atoms with van der Waals surface area (Å²) in [6.07, 6.45) is 2.17. The van der Waals surface area contributed by atoms with Crippen LogP contribution < -0.4 is 0 Å². The predicted molar refractivity (Wildman–Crippen MR) is 81.5 cm³/mol. The summed E-state index contributed by atoms with van der Waals surface area (Å²) in [5.41, 5.74) is 0.0748. The molecule has 2 aliphatic rings. The van der Waals surface area contributed by atoms with Gasteiger partial charge in [-0.3, -0.25) is 14.9 Å². The van der Waals surface area contributed by atoms with Crippen molar-refractivity contribution in [1.29, 1.82) is 0 Å². The molecule has 2 fully saturated rings. The van der Waals surface area contributed by atoms with Gasteiger partial charge in [0.25, 0.3) is 5.69 Å². The summed E-state index contributed by atoms with van der Waals surface area (Å²) in [5.74, 6) is 0.00145. The quantitative estimate of drug-likeness (QED) is 0.678. The molecule has 0 radical (unpaired) electrons. The zero-order chi connectivity index (χ0) is 16.6. The summed E-state index contributed by atoms with van der Waals surface area (Å²) < 4.78 is 6.24. The van der Waals surface area contributed by atoms with E-state index in [9.17, 15) is 20.0 Å². The summed E-state index contributed by atoms with van der Waals surface area (Å²) >= 11 is 0. The van der Waals surface area contributed by atoms with Crippen LogP contribution in [0.1, 0.15) is 44.3 Å². The Bertz CT molecular complexity index is 617. The van der Waals surface area contributed by atoms with Crippen LogP contribution in [-0.2, 0) is 9.53 Å². The van der Waals surface area contributed by atoms with Gasteiger partial charge < -0.3 is 14.7 Å². The van der Waals surface area contributed by atoms with E-state index in [1.807, 2.05) is 6.92 Å². The van der Waals surface area contributed by atoms with E-state index in [1.54, 1.807) is 17.0 Å². The minimum absolute atomic E-state index is 0.00145. The second-order valence-electron chi connectivity index (χ2n) is 6.05. The lowest BCUT2D eigenvalue weighted by Gasteiger charge is -2.41. The fourth-order valence-corrected chi connectivity index (χ4v) is 3.72. The maximum atomic E-state index is 12.4. The third kappa shape index (κ3) is 2.49. The van der Waals surface area contributed by atoms with Crippen molar-refractivity contribution in [3.8, 4) is 0 Å². The molecule has 3 rings (SSSR count). The summed E-state index contributed by atoms with van der Waals surface area (Å²) in [4.78, 5) is 24.4. The number of carbonyl (C=O) groups is 1. The minimum Gasteiger partial charge on any atom is -0.394 e. The van der Waals surface area contributed by atoms with Crippen LogP contribution in [0.5, 0.6) is 0 Å². The molecule has 1 N–H and O–H groups in total. The predicted octanol–water partition coefficient (Wildman–Crippen LogP) is 2.15. The molecule has 0 aromatic heterocycles. The average Bonchev–Trinajstić information content (AvgIpc) is 2.91. The smallest absolute Gasteiger partial charge is 0.269 e. The number of piperidine rings is 1. The number of nitro benzene ring substituents is 1. The molecule has 2 saturated heterocycles. The van der Waals surface area contributed by atoms with E-state index in [2.05, 4.69) is 0 Å². The Hall–Kier alpha value is -1.99. The van der Waals surface area contributed by atoms with Gasteiger partial charge in [0.05, 0.1) is 17.6 Å². The van der Waals surface area contributed by atoms with Gasteiger partial charge in [-0.25, -0.2) is 0 Å². The molecule has 2 aliphatic heterocycles. The first-order valence-electron chi connectivity index (χ1n) is 7.87. The maximum absolute atomic E-state index is 12.4. The Labute approximate surface area is 134 Å². The number of nitrogens with zero attached hydrogens (tertiary/aromatic N) is 2. The first-order valence-corrected chi connectivity index (χ1v) is 7.87. The summed E-state index contributed by atoms with van der Waals surface area (Å²) in [7, 11) is 0. The Kier molecular flexibility index (Phi) is 4.08. The number of benzene rings is 1. The van der Waals surface area contributed by atoms with Gasteiger partial charge in [-0.2, -0.15) is 0 Å². The van der Waals surface area contributed by atoms with Crippen molar-refractivity contribution in [1.82, 2.24) is 4.90 Å². The zero-order valence-electron chi connectivity index (χ0n) is 13.0. The Balaban J connectivity index is 1.96. The van der Waals surface area contributed by atoms with Crippen LogP contribution in [0.3, 0.4) is 0 Å². The van der Waals surface area contributed by atoms with Crippen molar-refractivity contribution < 1.29 is 19.6 Å². The van der Waals surface area contributed by atoms with Crippen molar-refractivity contribution in [3.05, 3.63) is 39.9 Å². The van der Waals surface area contributed by atoms with Crippen molar-refractivity contribution in [2.24, 2.45) is 0 Å². The van der Waals surface area contributed by atoms with E-state index in [0.29, 0.717) is 12.8 Å². The molecule has 7 nitrogen and oxygen atoms in total. The number of non-ortho nitro benzene ring substituents is 1.